The molecular weight excluding hydrogens is 210 g/mol. The van der Waals surface area contributed by atoms with Crippen molar-refractivity contribution in [3.8, 4) is 0 Å². The van der Waals surface area contributed by atoms with Crippen LogP contribution in [0.2, 0.25) is 0 Å². The van der Waals surface area contributed by atoms with Crippen molar-refractivity contribution in [3.05, 3.63) is 0 Å². The Hall–Kier alpha value is -0.0800. The fourth-order valence-corrected chi connectivity index (χ4v) is 3.47. The van der Waals surface area contributed by atoms with Gasteiger partial charge in [-0.2, -0.15) is 0 Å². The van der Waals surface area contributed by atoms with Gasteiger partial charge in [-0.3, -0.25) is 0 Å². The zero-order chi connectivity index (χ0) is 12.3. The lowest BCUT2D eigenvalue weighted by molar-refractivity contribution is -0.0163. The summed E-state index contributed by atoms with van der Waals surface area (Å²) in [7, 11) is 0. The second-order valence-electron chi connectivity index (χ2n) is 6.51. The van der Waals surface area contributed by atoms with E-state index in [1.54, 1.807) is 0 Å². The Morgan fingerprint density at radius 3 is 2.59 bits per heavy atom. The van der Waals surface area contributed by atoms with Crippen LogP contribution in [0.1, 0.15) is 65.7 Å². The molecule has 3 unspecified atom stereocenters. The zero-order valence-corrected chi connectivity index (χ0v) is 11.8. The van der Waals surface area contributed by atoms with Crippen LogP contribution in [-0.2, 0) is 4.74 Å². The summed E-state index contributed by atoms with van der Waals surface area (Å²) >= 11 is 0. The molecule has 17 heavy (non-hydrogen) atoms. The highest BCUT2D eigenvalue weighted by atomic mass is 16.5. The van der Waals surface area contributed by atoms with Crippen molar-refractivity contribution in [2.75, 3.05) is 6.54 Å². The second-order valence-corrected chi connectivity index (χ2v) is 6.51. The van der Waals surface area contributed by atoms with Gasteiger partial charge in [0.15, 0.2) is 0 Å². The zero-order valence-electron chi connectivity index (χ0n) is 11.8. The number of rotatable bonds is 4. The molecule has 0 aromatic heterocycles. The molecule has 1 aliphatic carbocycles. The Labute approximate surface area is 107 Å². The minimum Gasteiger partial charge on any atom is -0.371 e. The van der Waals surface area contributed by atoms with E-state index in [0.717, 1.165) is 18.5 Å². The Balaban J connectivity index is 1.74. The second kappa shape index (κ2) is 5.71. The van der Waals surface area contributed by atoms with Crippen molar-refractivity contribution >= 4 is 0 Å². The molecule has 2 fully saturated rings. The van der Waals surface area contributed by atoms with Gasteiger partial charge >= 0.3 is 0 Å². The highest BCUT2D eigenvalue weighted by molar-refractivity contribution is 4.85. The number of hydrogen-bond acceptors (Lipinski definition) is 2. The summed E-state index contributed by atoms with van der Waals surface area (Å²) in [5, 5.41) is 3.78. The molecule has 0 radical (unpaired) electrons. The lowest BCUT2D eigenvalue weighted by atomic mass is 9.83. The molecule has 0 amide bonds. The van der Waals surface area contributed by atoms with Crippen molar-refractivity contribution in [2.45, 2.75) is 83.5 Å². The highest BCUT2D eigenvalue weighted by Gasteiger charge is 2.32. The van der Waals surface area contributed by atoms with Crippen LogP contribution >= 0.6 is 0 Å². The van der Waals surface area contributed by atoms with E-state index in [-0.39, 0.29) is 5.60 Å². The summed E-state index contributed by atoms with van der Waals surface area (Å²) in [6.07, 6.45) is 9.85. The standard InChI is InChI=1S/C15H29NO/c1-4-12-7-5-6-8-14(12)16-11-13-9-10-15(2,3)17-13/h12-14,16H,4-11H2,1-3H3. The number of hydrogen-bond donors (Lipinski definition) is 1. The third-order valence-corrected chi connectivity index (χ3v) is 4.60. The highest BCUT2D eigenvalue weighted by Crippen LogP contribution is 2.30. The summed E-state index contributed by atoms with van der Waals surface area (Å²) in [6, 6.07) is 0.751. The first kappa shape index (κ1) is 13.4. The Bertz CT molecular complexity index is 239. The van der Waals surface area contributed by atoms with Gasteiger partial charge in [0.2, 0.25) is 0 Å². The third kappa shape index (κ3) is 3.69. The average molecular weight is 239 g/mol. The molecule has 1 saturated carbocycles. The molecule has 1 heterocycles. The van der Waals surface area contributed by atoms with Crippen molar-refractivity contribution in [1.82, 2.24) is 5.32 Å². The molecule has 0 aromatic rings. The molecule has 3 atom stereocenters. The van der Waals surface area contributed by atoms with Gasteiger partial charge < -0.3 is 10.1 Å². The monoisotopic (exact) mass is 239 g/mol. The van der Waals surface area contributed by atoms with Crippen molar-refractivity contribution in [3.63, 3.8) is 0 Å². The van der Waals surface area contributed by atoms with E-state index >= 15 is 0 Å². The molecule has 2 rings (SSSR count). The molecule has 1 N–H and O–H groups in total. The van der Waals surface area contributed by atoms with E-state index in [4.69, 9.17) is 4.74 Å². The van der Waals surface area contributed by atoms with E-state index in [1.165, 1.54) is 44.9 Å². The molecule has 100 valence electrons. The quantitative estimate of drug-likeness (QED) is 0.810. The van der Waals surface area contributed by atoms with Crippen LogP contribution in [0.25, 0.3) is 0 Å². The van der Waals surface area contributed by atoms with Gasteiger partial charge in [0, 0.05) is 12.6 Å². The van der Waals surface area contributed by atoms with Gasteiger partial charge in [0.25, 0.3) is 0 Å². The Morgan fingerprint density at radius 2 is 1.94 bits per heavy atom. The SMILES string of the molecule is CCC1CCCCC1NCC1CCC(C)(C)O1. The fraction of sp³-hybridized carbons (Fsp3) is 1.00. The summed E-state index contributed by atoms with van der Waals surface area (Å²) in [5.74, 6) is 0.901. The Kier molecular flexibility index (Phi) is 4.48. The van der Waals surface area contributed by atoms with E-state index < -0.39 is 0 Å². The van der Waals surface area contributed by atoms with E-state index in [9.17, 15) is 0 Å². The molecular formula is C15H29NO. The van der Waals surface area contributed by atoms with Gasteiger partial charge in [-0.05, 0) is 45.4 Å². The molecule has 0 aromatic carbocycles. The molecule has 2 nitrogen and oxygen atoms in total. The maximum atomic E-state index is 6.05. The maximum absolute atomic E-state index is 6.05. The van der Waals surface area contributed by atoms with Crippen LogP contribution in [0.5, 0.6) is 0 Å². The van der Waals surface area contributed by atoms with Crippen LogP contribution in [0.4, 0.5) is 0 Å². The van der Waals surface area contributed by atoms with E-state index in [1.807, 2.05) is 0 Å². The first-order valence-corrected chi connectivity index (χ1v) is 7.52. The van der Waals surface area contributed by atoms with E-state index in [0.29, 0.717) is 6.10 Å². The summed E-state index contributed by atoms with van der Waals surface area (Å²) in [6.45, 7) is 7.81. The van der Waals surface area contributed by atoms with Crippen LogP contribution < -0.4 is 5.32 Å². The van der Waals surface area contributed by atoms with Gasteiger partial charge in [-0.1, -0.05) is 26.2 Å². The summed E-state index contributed by atoms with van der Waals surface area (Å²) < 4.78 is 6.05. The molecule has 0 spiro atoms. The number of nitrogens with one attached hydrogen (secondary N) is 1. The van der Waals surface area contributed by atoms with Crippen molar-refractivity contribution in [1.29, 1.82) is 0 Å². The molecule has 2 aliphatic rings. The van der Waals surface area contributed by atoms with Gasteiger partial charge in [0.1, 0.15) is 0 Å². The molecule has 2 heteroatoms. The minimum absolute atomic E-state index is 0.114. The first-order chi connectivity index (χ1) is 8.11. The topological polar surface area (TPSA) is 21.3 Å². The van der Waals surface area contributed by atoms with Crippen LogP contribution in [0, 0.1) is 5.92 Å². The molecule has 1 saturated heterocycles. The lowest BCUT2D eigenvalue weighted by Crippen LogP contribution is -2.42. The minimum atomic E-state index is 0.114. The number of ether oxygens (including phenoxy) is 1. The fourth-order valence-electron chi connectivity index (χ4n) is 3.47. The van der Waals surface area contributed by atoms with Gasteiger partial charge in [0.05, 0.1) is 11.7 Å². The molecule has 1 aliphatic heterocycles. The van der Waals surface area contributed by atoms with Crippen LogP contribution in [0.15, 0.2) is 0 Å². The predicted molar refractivity (Wildman–Crippen MR) is 72.2 cm³/mol. The normalized spacial score (nSPS) is 37.2. The van der Waals surface area contributed by atoms with Gasteiger partial charge in [-0.25, -0.2) is 0 Å². The maximum Gasteiger partial charge on any atom is 0.0707 e. The average Bonchev–Trinajstić information content (AvgIpc) is 2.67. The predicted octanol–water partition coefficient (Wildman–Crippen LogP) is 3.50. The van der Waals surface area contributed by atoms with Crippen LogP contribution in [-0.4, -0.2) is 24.3 Å². The van der Waals surface area contributed by atoms with Crippen molar-refractivity contribution in [2.24, 2.45) is 5.92 Å². The largest absolute Gasteiger partial charge is 0.371 e. The summed E-state index contributed by atoms with van der Waals surface area (Å²) in [4.78, 5) is 0. The van der Waals surface area contributed by atoms with Crippen LogP contribution in [0.3, 0.4) is 0 Å². The Morgan fingerprint density at radius 1 is 1.18 bits per heavy atom. The van der Waals surface area contributed by atoms with E-state index in [2.05, 4.69) is 26.1 Å². The van der Waals surface area contributed by atoms with Gasteiger partial charge in [-0.15, -0.1) is 0 Å². The summed E-state index contributed by atoms with van der Waals surface area (Å²) in [5.41, 5.74) is 0.114. The third-order valence-electron chi connectivity index (χ3n) is 4.60. The first-order valence-electron chi connectivity index (χ1n) is 7.52. The smallest absolute Gasteiger partial charge is 0.0707 e. The lowest BCUT2D eigenvalue weighted by Gasteiger charge is -2.32. The van der Waals surface area contributed by atoms with Crippen molar-refractivity contribution < 1.29 is 4.74 Å². The molecule has 0 bridgehead atoms.